The number of hydrogen-bond acceptors (Lipinski definition) is 3. The van der Waals surface area contributed by atoms with E-state index in [4.69, 9.17) is 4.74 Å². The molecule has 0 unspecified atom stereocenters. The van der Waals surface area contributed by atoms with Gasteiger partial charge in [0.2, 0.25) is 5.91 Å². The van der Waals surface area contributed by atoms with Gasteiger partial charge in [-0.3, -0.25) is 9.69 Å². The van der Waals surface area contributed by atoms with E-state index in [1.165, 1.54) is 16.3 Å². The molecule has 2 fully saturated rings. The second kappa shape index (κ2) is 6.91. The van der Waals surface area contributed by atoms with Crippen LogP contribution in [0, 0.1) is 0 Å². The molecular formula is C20H24N2O2. The van der Waals surface area contributed by atoms with Crippen molar-refractivity contribution in [2.24, 2.45) is 0 Å². The maximum absolute atomic E-state index is 12.0. The Kier molecular flexibility index (Phi) is 4.50. The fourth-order valence-corrected chi connectivity index (χ4v) is 3.98. The van der Waals surface area contributed by atoms with Gasteiger partial charge in [-0.15, -0.1) is 0 Å². The highest BCUT2D eigenvalue weighted by Crippen LogP contribution is 2.23. The number of hydrogen-bond donors (Lipinski definition) is 0. The van der Waals surface area contributed by atoms with Crippen molar-refractivity contribution in [3.8, 4) is 0 Å². The number of likely N-dealkylation sites (tertiary alicyclic amines) is 1. The van der Waals surface area contributed by atoms with Gasteiger partial charge >= 0.3 is 0 Å². The van der Waals surface area contributed by atoms with Gasteiger partial charge < -0.3 is 9.64 Å². The summed E-state index contributed by atoms with van der Waals surface area (Å²) < 4.78 is 5.24. The van der Waals surface area contributed by atoms with Gasteiger partial charge in [-0.2, -0.15) is 0 Å². The zero-order valence-corrected chi connectivity index (χ0v) is 14.0. The Hall–Kier alpha value is -1.91. The molecule has 24 heavy (non-hydrogen) atoms. The summed E-state index contributed by atoms with van der Waals surface area (Å²) in [6.07, 6.45) is 2.13. The minimum absolute atomic E-state index is 0.161. The summed E-state index contributed by atoms with van der Waals surface area (Å²) in [5.41, 5.74) is 1.40. The molecule has 0 radical (unpaired) electrons. The molecule has 2 aliphatic rings. The lowest BCUT2D eigenvalue weighted by atomic mass is 10.00. The first-order chi connectivity index (χ1) is 11.8. The highest BCUT2D eigenvalue weighted by Gasteiger charge is 2.29. The molecule has 2 aliphatic heterocycles. The number of morpholine rings is 1. The number of carbonyl (C=O) groups excluding carboxylic acids is 1. The van der Waals surface area contributed by atoms with Gasteiger partial charge in [0.25, 0.3) is 0 Å². The van der Waals surface area contributed by atoms with Crippen LogP contribution in [-0.2, 0) is 16.1 Å². The predicted octanol–water partition coefficient (Wildman–Crippen LogP) is 2.66. The van der Waals surface area contributed by atoms with Gasteiger partial charge in [0.1, 0.15) is 6.61 Å². The van der Waals surface area contributed by atoms with E-state index < -0.39 is 0 Å². The Balaban J connectivity index is 1.40. The summed E-state index contributed by atoms with van der Waals surface area (Å²) in [5, 5.41) is 2.66. The molecule has 0 spiro atoms. The van der Waals surface area contributed by atoms with Crippen LogP contribution >= 0.6 is 0 Å². The Bertz CT molecular complexity index is 717. The van der Waals surface area contributed by atoms with Crippen LogP contribution in [-0.4, -0.2) is 54.6 Å². The number of ether oxygens (including phenoxy) is 1. The van der Waals surface area contributed by atoms with Crippen molar-refractivity contribution in [1.29, 1.82) is 0 Å². The molecule has 2 aromatic carbocycles. The molecule has 4 rings (SSSR count). The topological polar surface area (TPSA) is 32.8 Å². The molecule has 4 heteroatoms. The van der Waals surface area contributed by atoms with Crippen LogP contribution in [0.2, 0.25) is 0 Å². The van der Waals surface area contributed by atoms with Gasteiger partial charge in [-0.05, 0) is 29.2 Å². The zero-order valence-electron chi connectivity index (χ0n) is 14.0. The van der Waals surface area contributed by atoms with Crippen LogP contribution in [0.3, 0.4) is 0 Å². The molecule has 2 aromatic rings. The van der Waals surface area contributed by atoms with Crippen LogP contribution in [0.4, 0.5) is 0 Å². The van der Waals surface area contributed by atoms with Crippen LogP contribution in [0.15, 0.2) is 42.5 Å². The normalized spacial score (nSPS) is 20.7. The first-order valence-corrected chi connectivity index (χ1v) is 8.87. The number of piperidine rings is 1. The minimum atomic E-state index is 0.161. The maximum Gasteiger partial charge on any atom is 0.248 e. The van der Waals surface area contributed by atoms with Crippen molar-refractivity contribution in [3.05, 3.63) is 48.0 Å². The van der Waals surface area contributed by atoms with E-state index in [2.05, 4.69) is 47.4 Å². The highest BCUT2D eigenvalue weighted by molar-refractivity contribution is 5.85. The molecule has 2 heterocycles. The molecule has 0 aliphatic carbocycles. The molecule has 126 valence electrons. The average molecular weight is 324 g/mol. The van der Waals surface area contributed by atoms with E-state index in [9.17, 15) is 4.79 Å². The van der Waals surface area contributed by atoms with Crippen LogP contribution in [0.25, 0.3) is 10.8 Å². The fraction of sp³-hybridized carbons (Fsp3) is 0.450. The summed E-state index contributed by atoms with van der Waals surface area (Å²) in [4.78, 5) is 16.6. The molecule has 0 N–H and O–H groups in total. The molecule has 4 nitrogen and oxygen atoms in total. The van der Waals surface area contributed by atoms with E-state index in [0.29, 0.717) is 12.6 Å². The van der Waals surface area contributed by atoms with E-state index in [1.54, 1.807) is 0 Å². The van der Waals surface area contributed by atoms with Crippen molar-refractivity contribution in [2.75, 3.05) is 32.8 Å². The van der Waals surface area contributed by atoms with Crippen molar-refractivity contribution in [1.82, 2.24) is 9.80 Å². The van der Waals surface area contributed by atoms with Crippen molar-refractivity contribution >= 4 is 16.7 Å². The van der Waals surface area contributed by atoms with Crippen molar-refractivity contribution in [3.63, 3.8) is 0 Å². The van der Waals surface area contributed by atoms with E-state index in [-0.39, 0.29) is 12.5 Å². The van der Waals surface area contributed by atoms with Crippen molar-refractivity contribution in [2.45, 2.75) is 25.4 Å². The Morgan fingerprint density at radius 2 is 1.79 bits per heavy atom. The highest BCUT2D eigenvalue weighted by atomic mass is 16.5. The third kappa shape index (κ3) is 3.17. The largest absolute Gasteiger partial charge is 0.370 e. The monoisotopic (exact) mass is 324 g/mol. The standard InChI is InChI=1S/C20H24N2O2/c23-20-15-24-13-12-22(20)18-8-10-21(11-9-18)14-17-6-3-5-16-4-1-2-7-19(16)17/h1-7,18H,8-15H2. The Labute approximate surface area is 143 Å². The van der Waals surface area contributed by atoms with Gasteiger partial charge in [0.15, 0.2) is 0 Å². The molecule has 2 saturated heterocycles. The summed E-state index contributed by atoms with van der Waals surface area (Å²) in [6, 6.07) is 15.6. The number of amides is 1. The predicted molar refractivity (Wildman–Crippen MR) is 94.8 cm³/mol. The van der Waals surface area contributed by atoms with E-state index in [0.717, 1.165) is 39.0 Å². The molecule has 0 bridgehead atoms. The molecule has 0 atom stereocenters. The quantitative estimate of drug-likeness (QED) is 0.870. The number of nitrogens with zero attached hydrogens (tertiary/aromatic N) is 2. The van der Waals surface area contributed by atoms with E-state index in [1.807, 2.05) is 4.90 Å². The number of rotatable bonds is 3. The summed E-state index contributed by atoms with van der Waals surface area (Å²) >= 11 is 0. The number of benzene rings is 2. The number of carbonyl (C=O) groups is 1. The SMILES string of the molecule is O=C1COCCN1C1CCN(Cc2cccc3ccccc23)CC1. The van der Waals surface area contributed by atoms with Gasteiger partial charge in [0, 0.05) is 32.2 Å². The lowest BCUT2D eigenvalue weighted by Crippen LogP contribution is -2.51. The minimum Gasteiger partial charge on any atom is -0.370 e. The van der Waals surface area contributed by atoms with Crippen LogP contribution in [0.1, 0.15) is 18.4 Å². The lowest BCUT2D eigenvalue weighted by molar-refractivity contribution is -0.146. The van der Waals surface area contributed by atoms with Crippen molar-refractivity contribution < 1.29 is 9.53 Å². The third-order valence-corrected chi connectivity index (χ3v) is 5.29. The first kappa shape index (κ1) is 15.6. The van der Waals surface area contributed by atoms with Gasteiger partial charge in [0.05, 0.1) is 6.61 Å². The summed E-state index contributed by atoms with van der Waals surface area (Å²) in [6.45, 7) is 4.80. The molecule has 0 saturated carbocycles. The maximum atomic E-state index is 12.0. The third-order valence-electron chi connectivity index (χ3n) is 5.29. The van der Waals surface area contributed by atoms with Crippen LogP contribution < -0.4 is 0 Å². The Morgan fingerprint density at radius 1 is 1.00 bits per heavy atom. The van der Waals surface area contributed by atoms with Gasteiger partial charge in [-0.1, -0.05) is 42.5 Å². The smallest absolute Gasteiger partial charge is 0.248 e. The van der Waals surface area contributed by atoms with Gasteiger partial charge in [-0.25, -0.2) is 0 Å². The Morgan fingerprint density at radius 3 is 2.62 bits per heavy atom. The number of fused-ring (bicyclic) bond motifs is 1. The zero-order chi connectivity index (χ0) is 16.4. The molecule has 0 aromatic heterocycles. The second-order valence-electron chi connectivity index (χ2n) is 6.79. The molecular weight excluding hydrogens is 300 g/mol. The first-order valence-electron chi connectivity index (χ1n) is 8.87. The molecule has 1 amide bonds. The second-order valence-corrected chi connectivity index (χ2v) is 6.79. The lowest BCUT2D eigenvalue weighted by Gasteiger charge is -2.40. The van der Waals surface area contributed by atoms with E-state index >= 15 is 0 Å². The summed E-state index contributed by atoms with van der Waals surface area (Å²) in [5.74, 6) is 0.161. The fourth-order valence-electron chi connectivity index (χ4n) is 3.98. The summed E-state index contributed by atoms with van der Waals surface area (Å²) in [7, 11) is 0. The van der Waals surface area contributed by atoms with Crippen LogP contribution in [0.5, 0.6) is 0 Å². The average Bonchev–Trinajstić information content (AvgIpc) is 2.63.